The number of hydrogen-bond acceptors (Lipinski definition) is 7. The molecule has 3 aromatic rings. The molecule has 0 aliphatic rings. The Morgan fingerprint density at radius 2 is 1.35 bits per heavy atom. The first-order valence-corrected chi connectivity index (χ1v) is 15.3. The standard InChI is InChI=1S/C35H44N4O7/c1-35(2,3)46-33(43)36-21-11-10-16-29(31(41)37-28-19-17-26(23-40)18-20-28)38-32(42)30(22-25-12-6-4-7-13-25)39-34(44)45-24-27-14-8-5-9-15-27/h4-9,12-15,17-20,29-30,40H,10-11,16,21-24H2,1-3H3,(H,36,43)(H,37,41)(H,38,42)(H,39,44). The van der Waals surface area contributed by atoms with Crippen molar-refractivity contribution in [3.8, 4) is 0 Å². The molecule has 0 radical (unpaired) electrons. The fourth-order valence-electron chi connectivity index (χ4n) is 4.41. The van der Waals surface area contributed by atoms with Crippen molar-refractivity contribution in [1.29, 1.82) is 0 Å². The number of aliphatic hydroxyl groups excluding tert-OH is 1. The molecule has 0 fully saturated rings. The highest BCUT2D eigenvalue weighted by Crippen LogP contribution is 2.13. The number of hydrogen-bond donors (Lipinski definition) is 5. The van der Waals surface area contributed by atoms with Crippen LogP contribution in [0, 0.1) is 0 Å². The van der Waals surface area contributed by atoms with Crippen molar-refractivity contribution < 1.29 is 33.8 Å². The number of aliphatic hydroxyl groups is 1. The Bertz CT molecular complexity index is 1390. The van der Waals surface area contributed by atoms with Gasteiger partial charge in [0.2, 0.25) is 11.8 Å². The molecule has 2 atom stereocenters. The number of amides is 4. The van der Waals surface area contributed by atoms with Crippen LogP contribution in [0.15, 0.2) is 84.9 Å². The highest BCUT2D eigenvalue weighted by atomic mass is 16.6. The molecule has 46 heavy (non-hydrogen) atoms. The number of nitrogens with one attached hydrogen (secondary N) is 4. The monoisotopic (exact) mass is 632 g/mol. The third-order valence-electron chi connectivity index (χ3n) is 6.73. The molecule has 3 rings (SSSR count). The molecular formula is C35H44N4O7. The zero-order chi connectivity index (χ0) is 33.4. The van der Waals surface area contributed by atoms with Crippen LogP contribution in [-0.4, -0.2) is 53.3 Å². The molecule has 0 saturated carbocycles. The van der Waals surface area contributed by atoms with E-state index in [-0.39, 0.29) is 26.1 Å². The summed E-state index contributed by atoms with van der Waals surface area (Å²) < 4.78 is 10.6. The molecule has 0 aliphatic carbocycles. The van der Waals surface area contributed by atoms with Gasteiger partial charge in [-0.2, -0.15) is 0 Å². The minimum absolute atomic E-state index is 0.0315. The summed E-state index contributed by atoms with van der Waals surface area (Å²) in [7, 11) is 0. The molecule has 0 aromatic heterocycles. The Morgan fingerprint density at radius 1 is 0.717 bits per heavy atom. The third-order valence-corrected chi connectivity index (χ3v) is 6.73. The number of benzene rings is 3. The van der Waals surface area contributed by atoms with Gasteiger partial charge >= 0.3 is 12.2 Å². The molecule has 11 heteroatoms. The smallest absolute Gasteiger partial charge is 0.408 e. The van der Waals surface area contributed by atoms with Crippen LogP contribution in [0.3, 0.4) is 0 Å². The summed E-state index contributed by atoms with van der Waals surface area (Å²) in [4.78, 5) is 51.8. The molecule has 0 heterocycles. The predicted molar refractivity (Wildman–Crippen MR) is 175 cm³/mol. The minimum atomic E-state index is -1.03. The normalized spacial score (nSPS) is 12.3. The SMILES string of the molecule is CC(C)(C)OC(=O)NCCCCC(NC(=O)C(Cc1ccccc1)NC(=O)OCc1ccccc1)C(=O)Nc1ccc(CO)cc1. The lowest BCUT2D eigenvalue weighted by Gasteiger charge is -2.23. The topological polar surface area (TPSA) is 155 Å². The van der Waals surface area contributed by atoms with Crippen LogP contribution in [0.2, 0.25) is 0 Å². The second-order valence-corrected chi connectivity index (χ2v) is 11.8. The number of unbranched alkanes of at least 4 members (excludes halogenated alkanes) is 1. The minimum Gasteiger partial charge on any atom is -0.445 e. The van der Waals surface area contributed by atoms with Crippen LogP contribution >= 0.6 is 0 Å². The second-order valence-electron chi connectivity index (χ2n) is 11.8. The summed E-state index contributed by atoms with van der Waals surface area (Å²) in [6.07, 6.45) is 0.158. The van der Waals surface area contributed by atoms with E-state index in [1.807, 2.05) is 60.7 Å². The molecule has 246 valence electrons. The lowest BCUT2D eigenvalue weighted by molar-refractivity contribution is -0.128. The number of rotatable bonds is 15. The first-order chi connectivity index (χ1) is 22.0. The maximum Gasteiger partial charge on any atom is 0.408 e. The molecule has 0 spiro atoms. The zero-order valence-electron chi connectivity index (χ0n) is 26.6. The summed E-state index contributed by atoms with van der Waals surface area (Å²) in [5.41, 5.74) is 2.17. The highest BCUT2D eigenvalue weighted by Gasteiger charge is 2.28. The number of carbonyl (C=O) groups excluding carboxylic acids is 4. The van der Waals surface area contributed by atoms with Crippen molar-refractivity contribution in [2.45, 2.75) is 77.4 Å². The molecule has 2 unspecified atom stereocenters. The van der Waals surface area contributed by atoms with Crippen molar-refractivity contribution >= 4 is 29.7 Å². The third kappa shape index (κ3) is 13.4. The Morgan fingerprint density at radius 3 is 1.96 bits per heavy atom. The van der Waals surface area contributed by atoms with E-state index >= 15 is 0 Å². The lowest BCUT2D eigenvalue weighted by Crippen LogP contribution is -2.53. The van der Waals surface area contributed by atoms with Crippen LogP contribution in [0.1, 0.15) is 56.7 Å². The molecule has 0 bridgehead atoms. The summed E-state index contributed by atoms with van der Waals surface area (Å²) in [6.45, 7) is 5.55. The van der Waals surface area contributed by atoms with E-state index in [0.717, 1.165) is 11.1 Å². The number of alkyl carbamates (subject to hydrolysis) is 2. The fraction of sp³-hybridized carbons (Fsp3) is 0.371. The molecular weight excluding hydrogens is 588 g/mol. The Labute approximate surface area is 270 Å². The van der Waals surface area contributed by atoms with E-state index in [1.165, 1.54) is 0 Å². The van der Waals surface area contributed by atoms with Crippen LogP contribution < -0.4 is 21.3 Å². The van der Waals surface area contributed by atoms with Gasteiger partial charge in [0.15, 0.2) is 0 Å². The van der Waals surface area contributed by atoms with E-state index in [1.54, 1.807) is 45.0 Å². The molecule has 0 aliphatic heterocycles. The molecule has 11 nitrogen and oxygen atoms in total. The van der Waals surface area contributed by atoms with Gasteiger partial charge in [-0.05, 0) is 68.9 Å². The number of anilines is 1. The molecule has 5 N–H and O–H groups in total. The molecule has 4 amide bonds. The van der Waals surface area contributed by atoms with E-state index in [9.17, 15) is 24.3 Å². The van der Waals surface area contributed by atoms with Gasteiger partial charge in [0.1, 0.15) is 24.3 Å². The largest absolute Gasteiger partial charge is 0.445 e. The van der Waals surface area contributed by atoms with Crippen molar-refractivity contribution in [1.82, 2.24) is 16.0 Å². The summed E-state index contributed by atoms with van der Waals surface area (Å²) in [5, 5.41) is 20.3. The molecule has 3 aromatic carbocycles. The Hall–Kier alpha value is -4.90. The maximum atomic E-state index is 13.7. The maximum absolute atomic E-state index is 13.7. The van der Waals surface area contributed by atoms with Gasteiger partial charge in [-0.15, -0.1) is 0 Å². The predicted octanol–water partition coefficient (Wildman–Crippen LogP) is 4.83. The average molecular weight is 633 g/mol. The van der Waals surface area contributed by atoms with E-state index in [0.29, 0.717) is 30.6 Å². The van der Waals surface area contributed by atoms with Crippen LogP contribution in [-0.2, 0) is 38.7 Å². The van der Waals surface area contributed by atoms with Gasteiger partial charge < -0.3 is 35.8 Å². The fourth-order valence-corrected chi connectivity index (χ4v) is 4.41. The highest BCUT2D eigenvalue weighted by molar-refractivity contribution is 5.98. The number of carbonyl (C=O) groups is 4. The van der Waals surface area contributed by atoms with Gasteiger partial charge in [0.05, 0.1) is 6.61 Å². The van der Waals surface area contributed by atoms with Crippen molar-refractivity contribution in [2.75, 3.05) is 11.9 Å². The number of ether oxygens (including phenoxy) is 2. The van der Waals surface area contributed by atoms with Gasteiger partial charge in [-0.25, -0.2) is 9.59 Å². The van der Waals surface area contributed by atoms with Gasteiger partial charge in [0.25, 0.3) is 0 Å². The van der Waals surface area contributed by atoms with Crippen molar-refractivity contribution in [3.63, 3.8) is 0 Å². The van der Waals surface area contributed by atoms with E-state index < -0.39 is 41.7 Å². The second kappa shape index (κ2) is 18.2. The lowest BCUT2D eigenvalue weighted by atomic mass is 10.0. The summed E-state index contributed by atoms with van der Waals surface area (Å²) in [5.74, 6) is -1.00. The van der Waals surface area contributed by atoms with Crippen molar-refractivity contribution in [3.05, 3.63) is 102 Å². The van der Waals surface area contributed by atoms with Gasteiger partial charge in [-0.3, -0.25) is 9.59 Å². The molecule has 0 saturated heterocycles. The van der Waals surface area contributed by atoms with E-state index in [4.69, 9.17) is 9.47 Å². The van der Waals surface area contributed by atoms with Gasteiger partial charge in [0, 0.05) is 18.7 Å². The summed E-state index contributed by atoms with van der Waals surface area (Å²) >= 11 is 0. The van der Waals surface area contributed by atoms with Crippen molar-refractivity contribution in [2.24, 2.45) is 0 Å². The van der Waals surface area contributed by atoms with Crippen LogP contribution in [0.4, 0.5) is 15.3 Å². The Balaban J connectivity index is 1.69. The quantitative estimate of drug-likeness (QED) is 0.150. The van der Waals surface area contributed by atoms with E-state index in [2.05, 4.69) is 21.3 Å². The van der Waals surface area contributed by atoms with Crippen LogP contribution in [0.25, 0.3) is 0 Å². The summed E-state index contributed by atoms with van der Waals surface area (Å²) in [6, 6.07) is 23.1. The average Bonchev–Trinajstić information content (AvgIpc) is 3.03. The zero-order valence-corrected chi connectivity index (χ0v) is 26.6. The first kappa shape index (κ1) is 35.6. The first-order valence-electron chi connectivity index (χ1n) is 15.3. The van der Waals surface area contributed by atoms with Gasteiger partial charge in [-0.1, -0.05) is 72.8 Å². The Kier molecular flexibility index (Phi) is 14.0. The van der Waals surface area contributed by atoms with Crippen LogP contribution in [0.5, 0.6) is 0 Å².